The molecule has 24 heavy (non-hydrogen) atoms. The first-order valence-electron chi connectivity index (χ1n) is 7.86. The number of thioether (sulfide) groups is 1. The molecular weight excluding hydrogens is 322 g/mol. The third kappa shape index (κ3) is 3.46. The van der Waals surface area contributed by atoms with E-state index in [1.807, 2.05) is 43.5 Å². The number of ether oxygens (including phenoxy) is 1. The number of benzene rings is 2. The monoisotopic (exact) mass is 341 g/mol. The Kier molecular flexibility index (Phi) is 4.90. The molecule has 1 aliphatic heterocycles. The maximum absolute atomic E-state index is 12.4. The fourth-order valence-electron chi connectivity index (χ4n) is 2.73. The van der Waals surface area contributed by atoms with Crippen LogP contribution in [0.4, 0.5) is 5.69 Å². The van der Waals surface area contributed by atoms with Crippen molar-refractivity contribution in [2.45, 2.75) is 24.7 Å². The van der Waals surface area contributed by atoms with E-state index in [1.54, 1.807) is 28.8 Å². The molecule has 1 fully saturated rings. The van der Waals surface area contributed by atoms with Crippen LogP contribution in [0.5, 0.6) is 5.75 Å². The molecule has 5 heteroatoms. The normalized spacial score (nSPS) is 14.1. The van der Waals surface area contributed by atoms with Crippen molar-refractivity contribution in [1.82, 2.24) is 0 Å². The number of carbonyl (C=O) groups is 2. The number of anilines is 1. The highest BCUT2D eigenvalue weighted by Gasteiger charge is 2.21. The zero-order chi connectivity index (χ0) is 17.1. The molecule has 1 amide bonds. The molecule has 4 nitrogen and oxygen atoms in total. The van der Waals surface area contributed by atoms with Gasteiger partial charge >= 0.3 is 5.97 Å². The van der Waals surface area contributed by atoms with Gasteiger partial charge in [-0.05, 0) is 61.6 Å². The maximum Gasteiger partial charge on any atom is 0.343 e. The largest absolute Gasteiger partial charge is 0.423 e. The summed E-state index contributed by atoms with van der Waals surface area (Å²) in [5.41, 5.74) is 2.30. The van der Waals surface area contributed by atoms with E-state index in [0.717, 1.165) is 29.1 Å². The topological polar surface area (TPSA) is 46.6 Å². The van der Waals surface area contributed by atoms with E-state index in [-0.39, 0.29) is 11.9 Å². The van der Waals surface area contributed by atoms with Gasteiger partial charge in [-0.1, -0.05) is 6.07 Å². The SMILES string of the molecule is CSc1ccc(C)c(C(=O)Oc2ccc(N3CCCC3=O)cc2)c1. The van der Waals surface area contributed by atoms with Crippen molar-refractivity contribution in [2.24, 2.45) is 0 Å². The summed E-state index contributed by atoms with van der Waals surface area (Å²) in [6.45, 7) is 2.64. The summed E-state index contributed by atoms with van der Waals surface area (Å²) in [4.78, 5) is 26.9. The number of rotatable bonds is 4. The van der Waals surface area contributed by atoms with E-state index in [1.165, 1.54) is 0 Å². The molecular formula is C19H19NO3S. The van der Waals surface area contributed by atoms with Crippen LogP contribution in [-0.2, 0) is 4.79 Å². The third-order valence-corrected chi connectivity index (χ3v) is 4.82. The minimum absolute atomic E-state index is 0.143. The fourth-order valence-corrected chi connectivity index (χ4v) is 3.17. The molecule has 2 aromatic carbocycles. The smallest absolute Gasteiger partial charge is 0.343 e. The maximum atomic E-state index is 12.4. The van der Waals surface area contributed by atoms with E-state index in [4.69, 9.17) is 4.74 Å². The minimum atomic E-state index is -0.367. The van der Waals surface area contributed by atoms with Gasteiger partial charge < -0.3 is 9.64 Å². The van der Waals surface area contributed by atoms with Gasteiger partial charge in [0.2, 0.25) is 5.91 Å². The highest BCUT2D eigenvalue weighted by Crippen LogP contribution is 2.25. The van der Waals surface area contributed by atoms with E-state index >= 15 is 0 Å². The second-order valence-corrected chi connectivity index (χ2v) is 6.59. The quantitative estimate of drug-likeness (QED) is 0.478. The number of aryl methyl sites for hydroxylation is 1. The average molecular weight is 341 g/mol. The van der Waals surface area contributed by atoms with Gasteiger partial charge in [-0.2, -0.15) is 0 Å². The lowest BCUT2D eigenvalue weighted by molar-refractivity contribution is -0.117. The van der Waals surface area contributed by atoms with E-state index in [0.29, 0.717) is 17.7 Å². The Morgan fingerprint density at radius 2 is 1.92 bits per heavy atom. The minimum Gasteiger partial charge on any atom is -0.423 e. The molecule has 0 aromatic heterocycles. The van der Waals surface area contributed by atoms with Crippen molar-refractivity contribution in [2.75, 3.05) is 17.7 Å². The Hall–Kier alpha value is -2.27. The first-order valence-corrected chi connectivity index (χ1v) is 9.08. The van der Waals surface area contributed by atoms with Gasteiger partial charge in [0.1, 0.15) is 5.75 Å². The van der Waals surface area contributed by atoms with Crippen LogP contribution >= 0.6 is 11.8 Å². The van der Waals surface area contributed by atoms with E-state index in [2.05, 4.69) is 0 Å². The Morgan fingerprint density at radius 1 is 1.17 bits per heavy atom. The van der Waals surface area contributed by atoms with Crippen molar-refractivity contribution in [1.29, 1.82) is 0 Å². The molecule has 0 saturated carbocycles. The molecule has 3 rings (SSSR count). The van der Waals surface area contributed by atoms with Crippen LogP contribution in [0.15, 0.2) is 47.4 Å². The first kappa shape index (κ1) is 16.6. The average Bonchev–Trinajstić information content (AvgIpc) is 3.02. The third-order valence-electron chi connectivity index (χ3n) is 4.10. The number of hydrogen-bond acceptors (Lipinski definition) is 4. The van der Waals surface area contributed by atoms with Gasteiger partial charge in [0.25, 0.3) is 0 Å². The summed E-state index contributed by atoms with van der Waals surface area (Å²) < 4.78 is 5.47. The van der Waals surface area contributed by atoms with Crippen LogP contribution < -0.4 is 9.64 Å². The van der Waals surface area contributed by atoms with Crippen LogP contribution in [0, 0.1) is 6.92 Å². The number of amides is 1. The Labute approximate surface area is 145 Å². The molecule has 0 aliphatic carbocycles. The molecule has 0 atom stereocenters. The lowest BCUT2D eigenvalue weighted by atomic mass is 10.1. The molecule has 2 aromatic rings. The van der Waals surface area contributed by atoms with Gasteiger partial charge in [-0.15, -0.1) is 11.8 Å². The van der Waals surface area contributed by atoms with Crippen molar-refractivity contribution in [3.05, 3.63) is 53.6 Å². The van der Waals surface area contributed by atoms with Crippen LogP contribution in [0.25, 0.3) is 0 Å². The summed E-state index contributed by atoms with van der Waals surface area (Å²) in [5, 5.41) is 0. The summed E-state index contributed by atoms with van der Waals surface area (Å²) in [7, 11) is 0. The zero-order valence-corrected chi connectivity index (χ0v) is 14.6. The van der Waals surface area contributed by atoms with Gasteiger partial charge in [0.05, 0.1) is 5.56 Å². The van der Waals surface area contributed by atoms with Crippen LogP contribution in [-0.4, -0.2) is 24.7 Å². The predicted octanol–water partition coefficient (Wildman–Crippen LogP) is 4.06. The Balaban J connectivity index is 1.74. The summed E-state index contributed by atoms with van der Waals surface area (Å²) >= 11 is 1.59. The molecule has 0 spiro atoms. The van der Waals surface area contributed by atoms with E-state index in [9.17, 15) is 9.59 Å². The zero-order valence-electron chi connectivity index (χ0n) is 13.7. The van der Waals surface area contributed by atoms with Crippen LogP contribution in [0.2, 0.25) is 0 Å². The number of hydrogen-bond donors (Lipinski definition) is 0. The molecule has 0 unspecified atom stereocenters. The molecule has 1 heterocycles. The Morgan fingerprint density at radius 3 is 2.54 bits per heavy atom. The number of esters is 1. The van der Waals surface area contributed by atoms with Crippen molar-refractivity contribution < 1.29 is 14.3 Å². The van der Waals surface area contributed by atoms with Crippen molar-refractivity contribution in [3.8, 4) is 5.75 Å². The van der Waals surface area contributed by atoms with Crippen molar-refractivity contribution in [3.63, 3.8) is 0 Å². The summed E-state index contributed by atoms with van der Waals surface area (Å²) in [5.74, 6) is 0.252. The number of carbonyl (C=O) groups excluding carboxylic acids is 2. The fraction of sp³-hybridized carbons (Fsp3) is 0.263. The lowest BCUT2D eigenvalue weighted by Crippen LogP contribution is -2.23. The highest BCUT2D eigenvalue weighted by molar-refractivity contribution is 7.98. The second-order valence-electron chi connectivity index (χ2n) is 5.71. The van der Waals surface area contributed by atoms with Gasteiger partial charge in [-0.3, -0.25) is 4.79 Å². The van der Waals surface area contributed by atoms with Crippen molar-refractivity contribution >= 4 is 29.3 Å². The van der Waals surface area contributed by atoms with E-state index < -0.39 is 0 Å². The van der Waals surface area contributed by atoms with Crippen LogP contribution in [0.3, 0.4) is 0 Å². The number of nitrogens with zero attached hydrogens (tertiary/aromatic N) is 1. The standard InChI is InChI=1S/C19H19NO3S/c1-13-5-10-16(24-2)12-17(13)19(22)23-15-8-6-14(7-9-15)20-11-3-4-18(20)21/h5-10,12H,3-4,11H2,1-2H3. The summed E-state index contributed by atoms with van der Waals surface area (Å²) in [6.07, 6.45) is 3.46. The van der Waals surface area contributed by atoms with Crippen LogP contribution in [0.1, 0.15) is 28.8 Å². The van der Waals surface area contributed by atoms with Gasteiger partial charge in [-0.25, -0.2) is 4.79 Å². The van der Waals surface area contributed by atoms with Gasteiger partial charge in [0.15, 0.2) is 0 Å². The molecule has 0 radical (unpaired) electrons. The predicted molar refractivity (Wildman–Crippen MR) is 95.9 cm³/mol. The Bertz CT molecular complexity index is 771. The molecule has 124 valence electrons. The van der Waals surface area contributed by atoms with Gasteiger partial charge in [0, 0.05) is 23.5 Å². The molecule has 0 N–H and O–H groups in total. The highest BCUT2D eigenvalue weighted by atomic mass is 32.2. The molecule has 1 saturated heterocycles. The molecule has 1 aliphatic rings. The lowest BCUT2D eigenvalue weighted by Gasteiger charge is -2.16. The first-order chi connectivity index (χ1) is 11.6. The molecule has 0 bridgehead atoms. The summed E-state index contributed by atoms with van der Waals surface area (Å²) in [6, 6.07) is 12.8. The second kappa shape index (κ2) is 7.09.